The molecule has 0 radical (unpaired) electrons. The van der Waals surface area contributed by atoms with Crippen molar-refractivity contribution in [2.75, 3.05) is 18.5 Å². The largest absolute Gasteiger partial charge is 0.379 e. The molecule has 5 heteroatoms. The van der Waals surface area contributed by atoms with E-state index in [1.807, 2.05) is 19.9 Å². The second-order valence-electron chi connectivity index (χ2n) is 5.48. The van der Waals surface area contributed by atoms with Crippen LogP contribution in [0.2, 0.25) is 0 Å². The molecule has 1 aromatic rings. The summed E-state index contributed by atoms with van der Waals surface area (Å²) in [5, 5.41) is 5.63. The van der Waals surface area contributed by atoms with Gasteiger partial charge in [0.25, 0.3) is 5.91 Å². The topological polar surface area (TPSA) is 67.4 Å². The third-order valence-corrected chi connectivity index (χ3v) is 3.31. The lowest BCUT2D eigenvalue weighted by Crippen LogP contribution is -2.24. The van der Waals surface area contributed by atoms with Crippen molar-refractivity contribution in [1.82, 2.24) is 5.32 Å². The SMILES string of the molecule is CC(C)OCCCCNC(=O)c1ccc2c(c1)NC(=O)C2. The van der Waals surface area contributed by atoms with E-state index in [9.17, 15) is 9.59 Å². The highest BCUT2D eigenvalue weighted by molar-refractivity contribution is 6.02. The average Bonchev–Trinajstić information content (AvgIpc) is 2.81. The van der Waals surface area contributed by atoms with Crippen molar-refractivity contribution in [2.24, 2.45) is 0 Å². The number of unbranched alkanes of at least 4 members (excludes halogenated alkanes) is 1. The van der Waals surface area contributed by atoms with Crippen LogP contribution in [0.4, 0.5) is 5.69 Å². The van der Waals surface area contributed by atoms with E-state index in [1.54, 1.807) is 12.1 Å². The predicted octanol–water partition coefficient (Wildman–Crippen LogP) is 2.12. The van der Waals surface area contributed by atoms with Crippen LogP contribution in [0, 0.1) is 0 Å². The van der Waals surface area contributed by atoms with Gasteiger partial charge < -0.3 is 15.4 Å². The maximum absolute atomic E-state index is 12.0. The van der Waals surface area contributed by atoms with Crippen molar-refractivity contribution in [3.8, 4) is 0 Å². The molecule has 114 valence electrons. The molecule has 21 heavy (non-hydrogen) atoms. The normalized spacial score (nSPS) is 13.2. The zero-order valence-corrected chi connectivity index (χ0v) is 12.6. The first kappa shape index (κ1) is 15.5. The zero-order chi connectivity index (χ0) is 15.2. The third-order valence-electron chi connectivity index (χ3n) is 3.31. The number of nitrogens with one attached hydrogen (secondary N) is 2. The molecule has 0 unspecified atom stereocenters. The fraction of sp³-hybridized carbons (Fsp3) is 0.500. The van der Waals surface area contributed by atoms with E-state index < -0.39 is 0 Å². The van der Waals surface area contributed by atoms with Crippen LogP contribution in [-0.4, -0.2) is 31.1 Å². The fourth-order valence-electron chi connectivity index (χ4n) is 2.21. The number of amides is 2. The predicted molar refractivity (Wildman–Crippen MR) is 81.4 cm³/mol. The molecule has 0 saturated carbocycles. The monoisotopic (exact) mass is 290 g/mol. The average molecular weight is 290 g/mol. The number of hydrogen-bond acceptors (Lipinski definition) is 3. The van der Waals surface area contributed by atoms with Crippen LogP contribution in [0.3, 0.4) is 0 Å². The zero-order valence-electron chi connectivity index (χ0n) is 12.6. The minimum Gasteiger partial charge on any atom is -0.379 e. The summed E-state index contributed by atoms with van der Waals surface area (Å²) in [6, 6.07) is 5.33. The molecule has 1 aromatic carbocycles. The number of fused-ring (bicyclic) bond motifs is 1. The van der Waals surface area contributed by atoms with Crippen molar-refractivity contribution in [3.63, 3.8) is 0 Å². The second kappa shape index (κ2) is 7.22. The van der Waals surface area contributed by atoms with Gasteiger partial charge in [-0.05, 0) is 44.4 Å². The first-order chi connectivity index (χ1) is 10.1. The molecule has 2 rings (SSSR count). The van der Waals surface area contributed by atoms with Gasteiger partial charge in [0.1, 0.15) is 0 Å². The number of benzene rings is 1. The van der Waals surface area contributed by atoms with Crippen LogP contribution in [0.15, 0.2) is 18.2 Å². The Kier molecular flexibility index (Phi) is 5.33. The Balaban J connectivity index is 1.74. The molecule has 0 atom stereocenters. The van der Waals surface area contributed by atoms with E-state index in [0.717, 1.165) is 30.7 Å². The van der Waals surface area contributed by atoms with Gasteiger partial charge in [0.15, 0.2) is 0 Å². The summed E-state index contributed by atoms with van der Waals surface area (Å²) in [5.41, 5.74) is 2.27. The quantitative estimate of drug-likeness (QED) is 0.756. The number of rotatable bonds is 7. The van der Waals surface area contributed by atoms with E-state index in [0.29, 0.717) is 18.5 Å². The number of carbonyl (C=O) groups excluding carboxylic acids is 2. The van der Waals surface area contributed by atoms with Crippen molar-refractivity contribution < 1.29 is 14.3 Å². The number of hydrogen-bond donors (Lipinski definition) is 2. The summed E-state index contributed by atoms with van der Waals surface area (Å²) in [6.07, 6.45) is 2.47. The van der Waals surface area contributed by atoms with Gasteiger partial charge in [-0.3, -0.25) is 9.59 Å². The van der Waals surface area contributed by atoms with Gasteiger partial charge in [-0.2, -0.15) is 0 Å². The Labute approximate surface area is 125 Å². The minimum absolute atomic E-state index is 0.0206. The van der Waals surface area contributed by atoms with Crippen molar-refractivity contribution in [2.45, 2.75) is 39.2 Å². The minimum atomic E-state index is -0.108. The summed E-state index contributed by atoms with van der Waals surface area (Å²) in [5.74, 6) is -0.128. The van der Waals surface area contributed by atoms with Crippen LogP contribution in [0.1, 0.15) is 42.6 Å². The molecule has 1 heterocycles. The molecule has 0 fully saturated rings. The molecule has 0 aromatic heterocycles. The maximum Gasteiger partial charge on any atom is 0.251 e. The van der Waals surface area contributed by atoms with Gasteiger partial charge in [-0.1, -0.05) is 6.07 Å². The van der Waals surface area contributed by atoms with Crippen molar-refractivity contribution in [1.29, 1.82) is 0 Å². The lowest BCUT2D eigenvalue weighted by molar-refractivity contribution is -0.115. The Bertz CT molecular complexity index is 526. The van der Waals surface area contributed by atoms with Gasteiger partial charge in [-0.25, -0.2) is 0 Å². The lowest BCUT2D eigenvalue weighted by Gasteiger charge is -2.08. The molecular formula is C16H22N2O3. The van der Waals surface area contributed by atoms with Crippen LogP contribution < -0.4 is 10.6 Å². The van der Waals surface area contributed by atoms with Crippen LogP contribution in [0.25, 0.3) is 0 Å². The summed E-state index contributed by atoms with van der Waals surface area (Å²) < 4.78 is 5.44. The van der Waals surface area contributed by atoms with Crippen LogP contribution >= 0.6 is 0 Å². The molecular weight excluding hydrogens is 268 g/mol. The van der Waals surface area contributed by atoms with Crippen LogP contribution in [0.5, 0.6) is 0 Å². The van der Waals surface area contributed by atoms with E-state index in [1.165, 1.54) is 0 Å². The molecule has 2 N–H and O–H groups in total. The molecule has 2 amide bonds. The summed E-state index contributed by atoms with van der Waals surface area (Å²) in [6.45, 7) is 5.37. The number of ether oxygens (including phenoxy) is 1. The van der Waals surface area contributed by atoms with Gasteiger partial charge in [0, 0.05) is 24.4 Å². The summed E-state index contributed by atoms with van der Waals surface area (Å²) in [7, 11) is 0. The highest BCUT2D eigenvalue weighted by Gasteiger charge is 2.18. The first-order valence-corrected chi connectivity index (χ1v) is 7.39. The highest BCUT2D eigenvalue weighted by Crippen LogP contribution is 2.23. The molecule has 1 aliphatic heterocycles. The smallest absolute Gasteiger partial charge is 0.251 e. The van der Waals surface area contributed by atoms with E-state index in [4.69, 9.17) is 4.74 Å². The number of carbonyl (C=O) groups is 2. The summed E-state index contributed by atoms with van der Waals surface area (Å²) in [4.78, 5) is 23.3. The molecule has 0 spiro atoms. The Morgan fingerprint density at radius 2 is 2.19 bits per heavy atom. The molecule has 0 bridgehead atoms. The summed E-state index contributed by atoms with van der Waals surface area (Å²) >= 11 is 0. The molecule has 0 aliphatic carbocycles. The van der Waals surface area contributed by atoms with E-state index in [2.05, 4.69) is 10.6 Å². The molecule has 5 nitrogen and oxygen atoms in total. The fourth-order valence-corrected chi connectivity index (χ4v) is 2.21. The highest BCUT2D eigenvalue weighted by atomic mass is 16.5. The standard InChI is InChI=1S/C16H22N2O3/c1-11(2)21-8-4-3-7-17-16(20)13-6-5-12-10-15(19)18-14(12)9-13/h5-6,9,11H,3-4,7-8,10H2,1-2H3,(H,17,20)(H,18,19). The lowest BCUT2D eigenvalue weighted by atomic mass is 10.1. The second-order valence-corrected chi connectivity index (χ2v) is 5.48. The maximum atomic E-state index is 12.0. The molecule has 0 saturated heterocycles. The third kappa shape index (κ3) is 4.56. The number of anilines is 1. The molecule has 1 aliphatic rings. The Morgan fingerprint density at radius 3 is 2.95 bits per heavy atom. The van der Waals surface area contributed by atoms with Crippen molar-refractivity contribution >= 4 is 17.5 Å². The van der Waals surface area contributed by atoms with E-state index >= 15 is 0 Å². The van der Waals surface area contributed by atoms with Gasteiger partial charge in [0.05, 0.1) is 12.5 Å². The Hall–Kier alpha value is -1.88. The Morgan fingerprint density at radius 1 is 1.38 bits per heavy atom. The van der Waals surface area contributed by atoms with Crippen molar-refractivity contribution in [3.05, 3.63) is 29.3 Å². The van der Waals surface area contributed by atoms with E-state index in [-0.39, 0.29) is 17.9 Å². The van der Waals surface area contributed by atoms with Gasteiger partial charge in [0.2, 0.25) is 5.91 Å². The van der Waals surface area contributed by atoms with Gasteiger partial charge >= 0.3 is 0 Å². The first-order valence-electron chi connectivity index (χ1n) is 7.39. The van der Waals surface area contributed by atoms with Gasteiger partial charge in [-0.15, -0.1) is 0 Å². The van der Waals surface area contributed by atoms with Crippen LogP contribution in [-0.2, 0) is 16.0 Å².